The van der Waals surface area contributed by atoms with Gasteiger partial charge in [0.1, 0.15) is 0 Å². The van der Waals surface area contributed by atoms with E-state index in [-0.39, 0.29) is 0 Å². The van der Waals surface area contributed by atoms with E-state index in [9.17, 15) is 4.79 Å². The van der Waals surface area contributed by atoms with Gasteiger partial charge in [-0.05, 0) is 44.7 Å². The van der Waals surface area contributed by atoms with E-state index in [1.165, 1.54) is 38.0 Å². The number of hydrogen-bond donors (Lipinski definition) is 0. The van der Waals surface area contributed by atoms with Crippen LogP contribution in [0.2, 0.25) is 0 Å². The second kappa shape index (κ2) is 3.95. The Labute approximate surface area is 108 Å². The molecule has 1 aromatic heterocycles. The second-order valence-corrected chi connectivity index (χ2v) is 5.96. The molecule has 4 rings (SSSR count). The van der Waals surface area contributed by atoms with E-state index in [1.807, 2.05) is 0 Å². The minimum Gasteiger partial charge on any atom is -0.346 e. The van der Waals surface area contributed by atoms with Crippen LogP contribution in [-0.2, 0) is 6.42 Å². The second-order valence-electron chi connectivity index (χ2n) is 5.96. The van der Waals surface area contributed by atoms with Gasteiger partial charge in [0.05, 0.1) is 6.04 Å². The average molecular weight is 244 g/mol. The Bertz CT molecular complexity index is 491. The summed E-state index contributed by atoms with van der Waals surface area (Å²) in [7, 11) is 0. The fraction of sp³-hybridized carbons (Fsp3) is 0.667. The molecular formula is C15H20N2O. The van der Waals surface area contributed by atoms with Crippen LogP contribution >= 0.6 is 0 Å². The van der Waals surface area contributed by atoms with Crippen molar-refractivity contribution in [1.29, 1.82) is 0 Å². The Hall–Kier alpha value is -1.09. The number of fused-ring (bicyclic) bond motifs is 2. The standard InChI is InChI=1S/C15H20N2O/c18-15-5-1-3-12-11(15)6-10-17(12)14-7-9-16-8-2-4-13(14)16/h6,10,13-14H,1-5,7-9H2. The quantitative estimate of drug-likeness (QED) is 0.758. The topological polar surface area (TPSA) is 25.2 Å². The molecule has 3 nitrogen and oxygen atoms in total. The van der Waals surface area contributed by atoms with Crippen molar-refractivity contribution in [2.75, 3.05) is 13.1 Å². The predicted octanol–water partition coefficient (Wildman–Crippen LogP) is 2.42. The zero-order chi connectivity index (χ0) is 12.1. The molecule has 2 unspecified atom stereocenters. The fourth-order valence-corrected chi connectivity index (χ4v) is 4.24. The number of ketones is 1. The number of rotatable bonds is 1. The third-order valence-corrected chi connectivity index (χ3v) is 5.07. The van der Waals surface area contributed by atoms with E-state index in [0.29, 0.717) is 11.8 Å². The van der Waals surface area contributed by atoms with Crippen molar-refractivity contribution in [2.45, 2.75) is 50.6 Å². The van der Waals surface area contributed by atoms with Gasteiger partial charge < -0.3 is 4.57 Å². The van der Waals surface area contributed by atoms with Crippen molar-refractivity contribution < 1.29 is 4.79 Å². The summed E-state index contributed by atoms with van der Waals surface area (Å²) in [5, 5.41) is 0. The average Bonchev–Trinajstić information content (AvgIpc) is 3.01. The summed E-state index contributed by atoms with van der Waals surface area (Å²) in [6.07, 6.45) is 9.01. The summed E-state index contributed by atoms with van der Waals surface area (Å²) in [5.74, 6) is 0.358. The molecule has 0 spiro atoms. The first-order valence-corrected chi connectivity index (χ1v) is 7.31. The highest BCUT2D eigenvalue weighted by molar-refractivity contribution is 5.98. The molecule has 96 valence electrons. The minimum absolute atomic E-state index is 0.358. The molecule has 0 amide bonds. The number of carbonyl (C=O) groups excluding carboxylic acids is 1. The fourth-order valence-electron chi connectivity index (χ4n) is 4.24. The normalized spacial score (nSPS) is 31.7. The Morgan fingerprint density at radius 1 is 1.06 bits per heavy atom. The van der Waals surface area contributed by atoms with Gasteiger partial charge in [-0.2, -0.15) is 0 Å². The molecular weight excluding hydrogens is 224 g/mol. The maximum Gasteiger partial charge on any atom is 0.164 e. The van der Waals surface area contributed by atoms with Crippen LogP contribution in [0.5, 0.6) is 0 Å². The molecule has 3 heteroatoms. The van der Waals surface area contributed by atoms with Gasteiger partial charge in [-0.1, -0.05) is 0 Å². The van der Waals surface area contributed by atoms with Gasteiger partial charge in [0.15, 0.2) is 5.78 Å². The first-order valence-electron chi connectivity index (χ1n) is 7.31. The van der Waals surface area contributed by atoms with E-state index >= 15 is 0 Å². The molecule has 1 aromatic rings. The zero-order valence-corrected chi connectivity index (χ0v) is 10.8. The Kier molecular flexibility index (Phi) is 2.37. The van der Waals surface area contributed by atoms with Crippen molar-refractivity contribution >= 4 is 5.78 Å². The third kappa shape index (κ3) is 1.43. The maximum absolute atomic E-state index is 11.9. The van der Waals surface area contributed by atoms with Crippen LogP contribution in [0.25, 0.3) is 0 Å². The first kappa shape index (κ1) is 10.8. The first-order chi connectivity index (χ1) is 8.84. The van der Waals surface area contributed by atoms with Gasteiger partial charge in [-0.25, -0.2) is 0 Å². The molecule has 3 heterocycles. The van der Waals surface area contributed by atoms with E-state index in [1.54, 1.807) is 0 Å². The van der Waals surface area contributed by atoms with Gasteiger partial charge >= 0.3 is 0 Å². The third-order valence-electron chi connectivity index (χ3n) is 5.07. The van der Waals surface area contributed by atoms with Crippen LogP contribution in [0.3, 0.4) is 0 Å². The van der Waals surface area contributed by atoms with Crippen molar-refractivity contribution in [3.8, 4) is 0 Å². The van der Waals surface area contributed by atoms with Crippen molar-refractivity contribution in [2.24, 2.45) is 0 Å². The molecule has 2 atom stereocenters. The van der Waals surface area contributed by atoms with Crippen LogP contribution in [0.4, 0.5) is 0 Å². The molecule has 18 heavy (non-hydrogen) atoms. The van der Waals surface area contributed by atoms with Crippen LogP contribution in [0.1, 0.15) is 54.2 Å². The maximum atomic E-state index is 11.9. The molecule has 2 fully saturated rings. The van der Waals surface area contributed by atoms with Crippen molar-refractivity contribution in [1.82, 2.24) is 9.47 Å². The largest absolute Gasteiger partial charge is 0.346 e. The highest BCUT2D eigenvalue weighted by Crippen LogP contribution is 2.38. The molecule has 0 radical (unpaired) electrons. The Morgan fingerprint density at radius 3 is 2.94 bits per heavy atom. The molecule has 0 N–H and O–H groups in total. The van der Waals surface area contributed by atoms with Gasteiger partial charge in [-0.3, -0.25) is 9.69 Å². The lowest BCUT2D eigenvalue weighted by atomic mass is 9.96. The van der Waals surface area contributed by atoms with Gasteiger partial charge in [0.2, 0.25) is 0 Å². The summed E-state index contributed by atoms with van der Waals surface area (Å²) in [4.78, 5) is 14.6. The van der Waals surface area contributed by atoms with Crippen LogP contribution in [-0.4, -0.2) is 34.4 Å². The summed E-state index contributed by atoms with van der Waals surface area (Å²) in [6.45, 7) is 2.53. The van der Waals surface area contributed by atoms with Crippen molar-refractivity contribution in [3.05, 3.63) is 23.5 Å². The van der Waals surface area contributed by atoms with E-state index in [0.717, 1.165) is 30.9 Å². The van der Waals surface area contributed by atoms with E-state index in [2.05, 4.69) is 21.7 Å². The lowest BCUT2D eigenvalue weighted by Crippen LogP contribution is -2.28. The summed E-state index contributed by atoms with van der Waals surface area (Å²) in [6, 6.07) is 3.43. The van der Waals surface area contributed by atoms with E-state index < -0.39 is 0 Å². The molecule has 3 aliphatic rings. The number of hydrogen-bond acceptors (Lipinski definition) is 2. The highest BCUT2D eigenvalue weighted by Gasteiger charge is 2.39. The SMILES string of the molecule is O=C1CCCc2c1ccn2C1CCN2CCCC12. The molecule has 0 aromatic carbocycles. The van der Waals surface area contributed by atoms with Gasteiger partial charge in [0, 0.05) is 36.5 Å². The number of nitrogens with zero attached hydrogens (tertiary/aromatic N) is 2. The van der Waals surface area contributed by atoms with Gasteiger partial charge in [0.25, 0.3) is 0 Å². The molecule has 1 aliphatic carbocycles. The Morgan fingerprint density at radius 2 is 2.00 bits per heavy atom. The number of aromatic nitrogens is 1. The minimum atomic E-state index is 0.358. The summed E-state index contributed by atoms with van der Waals surface area (Å²) < 4.78 is 2.45. The summed E-state index contributed by atoms with van der Waals surface area (Å²) >= 11 is 0. The number of carbonyl (C=O) groups is 1. The zero-order valence-electron chi connectivity index (χ0n) is 10.8. The molecule has 0 bridgehead atoms. The molecule has 0 saturated carbocycles. The lowest BCUT2D eigenvalue weighted by molar-refractivity contribution is 0.0971. The highest BCUT2D eigenvalue weighted by atomic mass is 16.1. The molecule has 2 saturated heterocycles. The number of Topliss-reactive ketones (excluding diaryl/α,β-unsaturated/α-hetero) is 1. The smallest absolute Gasteiger partial charge is 0.164 e. The van der Waals surface area contributed by atoms with Crippen LogP contribution < -0.4 is 0 Å². The lowest BCUT2D eigenvalue weighted by Gasteiger charge is -2.25. The van der Waals surface area contributed by atoms with Crippen molar-refractivity contribution in [3.63, 3.8) is 0 Å². The van der Waals surface area contributed by atoms with Gasteiger partial charge in [-0.15, -0.1) is 0 Å². The predicted molar refractivity (Wildman–Crippen MR) is 69.9 cm³/mol. The summed E-state index contributed by atoms with van der Waals surface area (Å²) in [5.41, 5.74) is 2.34. The van der Waals surface area contributed by atoms with Crippen LogP contribution in [0, 0.1) is 0 Å². The molecule has 2 aliphatic heterocycles. The Balaban J connectivity index is 1.71. The monoisotopic (exact) mass is 244 g/mol. The van der Waals surface area contributed by atoms with E-state index in [4.69, 9.17) is 0 Å². The van der Waals surface area contributed by atoms with Crippen LogP contribution in [0.15, 0.2) is 12.3 Å².